The van der Waals surface area contributed by atoms with E-state index in [0.717, 1.165) is 4.88 Å². The second-order valence-electron chi connectivity index (χ2n) is 4.43. The number of hydrogen-bond donors (Lipinski definition) is 0. The Bertz CT molecular complexity index is 665. The summed E-state index contributed by atoms with van der Waals surface area (Å²) < 4.78 is 0. The molecule has 0 bridgehead atoms. The Morgan fingerprint density at radius 3 is 2.76 bits per heavy atom. The number of carbonyl (C=O) groups is 1. The summed E-state index contributed by atoms with van der Waals surface area (Å²) in [4.78, 5) is 24.9. The first kappa shape index (κ1) is 14.9. The van der Waals surface area contributed by atoms with E-state index in [1.165, 1.54) is 17.0 Å². The van der Waals surface area contributed by atoms with Crippen molar-refractivity contribution in [3.63, 3.8) is 0 Å². The second kappa shape index (κ2) is 6.81. The van der Waals surface area contributed by atoms with E-state index in [4.69, 9.17) is 0 Å². The smallest absolute Gasteiger partial charge is 0.274 e. The fraction of sp³-hybridized carbons (Fsp3) is 0.133. The molecule has 21 heavy (non-hydrogen) atoms. The number of nitrogens with zero attached hydrogens (tertiary/aromatic N) is 2. The third-order valence-corrected chi connectivity index (χ3v) is 3.74. The molecule has 2 rings (SSSR count). The molecular formula is C15H14N2O3S. The molecule has 0 aliphatic carbocycles. The van der Waals surface area contributed by atoms with Crippen LogP contribution in [0.5, 0.6) is 0 Å². The van der Waals surface area contributed by atoms with Crippen LogP contribution >= 0.6 is 11.3 Å². The summed E-state index contributed by atoms with van der Waals surface area (Å²) >= 11 is 1.54. The molecule has 0 saturated heterocycles. The number of thiophene rings is 1. The normalized spacial score (nSPS) is 10.7. The van der Waals surface area contributed by atoms with Crippen LogP contribution < -0.4 is 0 Å². The maximum Gasteiger partial charge on any atom is 0.274 e. The Morgan fingerprint density at radius 2 is 2.10 bits per heavy atom. The van der Waals surface area contributed by atoms with Crippen molar-refractivity contribution in [3.05, 3.63) is 68.4 Å². The van der Waals surface area contributed by atoms with Gasteiger partial charge in [-0.05, 0) is 17.5 Å². The molecular weight excluding hydrogens is 288 g/mol. The number of nitro benzene ring substituents is 1. The summed E-state index contributed by atoms with van der Waals surface area (Å²) in [6, 6.07) is 10.3. The van der Waals surface area contributed by atoms with Gasteiger partial charge in [-0.3, -0.25) is 14.9 Å². The zero-order valence-electron chi connectivity index (χ0n) is 11.4. The van der Waals surface area contributed by atoms with Gasteiger partial charge in [-0.1, -0.05) is 24.3 Å². The Kier molecular flexibility index (Phi) is 4.84. The van der Waals surface area contributed by atoms with E-state index in [-0.39, 0.29) is 18.1 Å². The first-order valence-electron chi connectivity index (χ1n) is 6.27. The molecule has 0 saturated carbocycles. The quantitative estimate of drug-likeness (QED) is 0.483. The lowest BCUT2D eigenvalue weighted by molar-refractivity contribution is -0.385. The molecule has 0 spiro atoms. The van der Waals surface area contributed by atoms with Gasteiger partial charge in [0.2, 0.25) is 5.91 Å². The SMILES string of the molecule is CN(Cc1ccccc1[N+](=O)[O-])C(=O)C=Cc1cccs1. The summed E-state index contributed by atoms with van der Waals surface area (Å²) in [5.41, 5.74) is 0.544. The molecule has 6 heteroatoms. The number of amides is 1. The zero-order chi connectivity index (χ0) is 15.2. The molecule has 5 nitrogen and oxygen atoms in total. The van der Waals surface area contributed by atoms with Gasteiger partial charge < -0.3 is 4.90 Å². The van der Waals surface area contributed by atoms with Gasteiger partial charge in [0.05, 0.1) is 11.5 Å². The lowest BCUT2D eigenvalue weighted by Gasteiger charge is -2.15. The Balaban J connectivity index is 2.06. The van der Waals surface area contributed by atoms with Crippen molar-refractivity contribution in [2.75, 3.05) is 7.05 Å². The number of rotatable bonds is 5. The predicted octanol–water partition coefficient (Wildman–Crippen LogP) is 3.33. The summed E-state index contributed by atoms with van der Waals surface area (Å²) in [7, 11) is 1.62. The van der Waals surface area contributed by atoms with Gasteiger partial charge >= 0.3 is 0 Å². The Morgan fingerprint density at radius 1 is 1.33 bits per heavy atom. The molecule has 2 aromatic rings. The first-order valence-corrected chi connectivity index (χ1v) is 7.15. The number of para-hydroxylation sites is 1. The average molecular weight is 302 g/mol. The standard InChI is InChI=1S/C15H14N2O3S/c1-16(15(18)9-8-13-6-4-10-21-13)11-12-5-2-3-7-14(12)17(19)20/h2-10H,11H2,1H3. The van der Waals surface area contributed by atoms with Crippen molar-refractivity contribution in [2.24, 2.45) is 0 Å². The van der Waals surface area contributed by atoms with E-state index in [0.29, 0.717) is 5.56 Å². The van der Waals surface area contributed by atoms with Crippen molar-refractivity contribution in [1.29, 1.82) is 0 Å². The van der Waals surface area contributed by atoms with E-state index in [1.807, 2.05) is 17.5 Å². The van der Waals surface area contributed by atoms with Crippen LogP contribution in [0, 0.1) is 10.1 Å². The van der Waals surface area contributed by atoms with Crippen LogP contribution in [0.2, 0.25) is 0 Å². The average Bonchev–Trinajstić information content (AvgIpc) is 2.98. The molecule has 0 unspecified atom stereocenters. The van der Waals surface area contributed by atoms with Gasteiger partial charge in [0.1, 0.15) is 0 Å². The predicted molar refractivity (Wildman–Crippen MR) is 82.9 cm³/mol. The molecule has 1 aromatic heterocycles. The van der Waals surface area contributed by atoms with Gasteiger partial charge in [0.15, 0.2) is 0 Å². The minimum Gasteiger partial charge on any atom is -0.338 e. The van der Waals surface area contributed by atoms with E-state index in [9.17, 15) is 14.9 Å². The molecule has 108 valence electrons. The van der Waals surface area contributed by atoms with Crippen molar-refractivity contribution in [3.8, 4) is 0 Å². The molecule has 0 aliphatic rings. The van der Waals surface area contributed by atoms with Gasteiger partial charge in [-0.15, -0.1) is 11.3 Å². The highest BCUT2D eigenvalue weighted by Gasteiger charge is 2.15. The topological polar surface area (TPSA) is 63.4 Å². The second-order valence-corrected chi connectivity index (χ2v) is 5.41. The summed E-state index contributed by atoms with van der Waals surface area (Å²) in [6.07, 6.45) is 3.21. The summed E-state index contributed by atoms with van der Waals surface area (Å²) in [6.45, 7) is 0.199. The van der Waals surface area contributed by atoms with Crippen LogP contribution in [-0.4, -0.2) is 22.8 Å². The lowest BCUT2D eigenvalue weighted by Crippen LogP contribution is -2.24. The molecule has 0 N–H and O–H groups in total. The monoisotopic (exact) mass is 302 g/mol. The molecule has 0 atom stereocenters. The zero-order valence-corrected chi connectivity index (χ0v) is 12.2. The maximum absolute atomic E-state index is 12.0. The van der Waals surface area contributed by atoms with Crippen LogP contribution in [0.15, 0.2) is 47.9 Å². The third-order valence-electron chi connectivity index (χ3n) is 2.91. The molecule has 1 aromatic carbocycles. The van der Waals surface area contributed by atoms with E-state index < -0.39 is 4.92 Å². The molecule has 0 radical (unpaired) electrons. The molecule has 0 aliphatic heterocycles. The Labute approximate surface area is 126 Å². The fourth-order valence-corrected chi connectivity index (χ4v) is 2.44. The maximum atomic E-state index is 12.0. The molecule has 0 fully saturated rings. The highest BCUT2D eigenvalue weighted by atomic mass is 32.1. The van der Waals surface area contributed by atoms with Crippen LogP contribution in [-0.2, 0) is 11.3 Å². The van der Waals surface area contributed by atoms with E-state index >= 15 is 0 Å². The fourth-order valence-electron chi connectivity index (χ4n) is 1.82. The number of carbonyl (C=O) groups excluding carboxylic acids is 1. The lowest BCUT2D eigenvalue weighted by atomic mass is 10.1. The number of hydrogen-bond acceptors (Lipinski definition) is 4. The molecule has 1 amide bonds. The van der Waals surface area contributed by atoms with Gasteiger partial charge in [0, 0.05) is 29.6 Å². The van der Waals surface area contributed by atoms with Gasteiger partial charge in [-0.25, -0.2) is 0 Å². The van der Waals surface area contributed by atoms with Crippen LogP contribution in [0.1, 0.15) is 10.4 Å². The minimum absolute atomic E-state index is 0.0272. The number of benzene rings is 1. The number of likely N-dealkylation sites (N-methyl/N-ethyl adjacent to an activating group) is 1. The largest absolute Gasteiger partial charge is 0.338 e. The summed E-state index contributed by atoms with van der Waals surface area (Å²) in [5, 5.41) is 12.9. The van der Waals surface area contributed by atoms with Crippen molar-refractivity contribution in [2.45, 2.75) is 6.54 Å². The van der Waals surface area contributed by atoms with Crippen molar-refractivity contribution in [1.82, 2.24) is 4.90 Å². The first-order chi connectivity index (χ1) is 10.1. The summed E-state index contributed by atoms with van der Waals surface area (Å²) in [5.74, 6) is -0.193. The van der Waals surface area contributed by atoms with E-state index in [2.05, 4.69) is 0 Å². The Hall–Kier alpha value is -2.47. The van der Waals surface area contributed by atoms with Crippen molar-refractivity contribution >= 4 is 29.0 Å². The molecule has 1 heterocycles. The number of nitro groups is 1. The van der Waals surface area contributed by atoms with E-state index in [1.54, 1.807) is 42.7 Å². The minimum atomic E-state index is -0.435. The van der Waals surface area contributed by atoms with Gasteiger partial charge in [0.25, 0.3) is 5.69 Å². The third kappa shape index (κ3) is 4.00. The van der Waals surface area contributed by atoms with Crippen LogP contribution in [0.4, 0.5) is 5.69 Å². The highest BCUT2D eigenvalue weighted by Crippen LogP contribution is 2.19. The van der Waals surface area contributed by atoms with Gasteiger partial charge in [-0.2, -0.15) is 0 Å². The van der Waals surface area contributed by atoms with Crippen molar-refractivity contribution < 1.29 is 9.72 Å². The van der Waals surface area contributed by atoms with Crippen LogP contribution in [0.3, 0.4) is 0 Å². The highest BCUT2D eigenvalue weighted by molar-refractivity contribution is 7.10. The van der Waals surface area contributed by atoms with Crippen LogP contribution in [0.25, 0.3) is 6.08 Å².